The second-order valence-electron chi connectivity index (χ2n) is 4.79. The van der Waals surface area contributed by atoms with E-state index >= 15 is 0 Å². The molecule has 24 heavy (non-hydrogen) atoms. The smallest absolute Gasteiger partial charge is 0.354 e. The van der Waals surface area contributed by atoms with E-state index in [0.717, 1.165) is 0 Å². The number of nitrogens with one attached hydrogen (secondary N) is 2. The van der Waals surface area contributed by atoms with Gasteiger partial charge in [0.15, 0.2) is 0 Å². The minimum atomic E-state index is -4.96. The minimum Gasteiger partial charge on any atom is -0.354 e. The first-order valence-electron chi connectivity index (χ1n) is 6.74. The van der Waals surface area contributed by atoms with Gasteiger partial charge in [-0.1, -0.05) is 24.8 Å². The molecule has 0 saturated carbocycles. The van der Waals surface area contributed by atoms with Gasteiger partial charge in [-0.05, 0) is 5.57 Å². The van der Waals surface area contributed by atoms with Crippen molar-refractivity contribution in [2.75, 3.05) is 13.6 Å². The maximum absolute atomic E-state index is 12.2. The molecule has 1 heterocycles. The Morgan fingerprint density at radius 2 is 1.96 bits per heavy atom. The van der Waals surface area contributed by atoms with Crippen LogP contribution in [0.1, 0.15) is 16.1 Å². The van der Waals surface area contributed by atoms with Gasteiger partial charge in [0, 0.05) is 24.5 Å². The Bertz CT molecular complexity index is 818. The Morgan fingerprint density at radius 1 is 1.25 bits per heavy atom. The largest absolute Gasteiger partial charge is 0.471 e. The van der Waals surface area contributed by atoms with Crippen molar-refractivity contribution in [1.29, 1.82) is 0 Å². The molecule has 0 aliphatic rings. The van der Waals surface area contributed by atoms with Crippen LogP contribution in [0.4, 0.5) is 13.2 Å². The van der Waals surface area contributed by atoms with E-state index in [1.807, 2.05) is 0 Å². The highest BCUT2D eigenvalue weighted by molar-refractivity contribution is 6.06. The van der Waals surface area contributed by atoms with Crippen LogP contribution in [0.15, 0.2) is 31.1 Å². The molecule has 9 heteroatoms. The zero-order valence-electron chi connectivity index (χ0n) is 12.6. The number of carbonyl (C=O) groups is 2. The summed E-state index contributed by atoms with van der Waals surface area (Å²) in [5, 5.41) is 4.62. The van der Waals surface area contributed by atoms with Gasteiger partial charge in [0.05, 0.1) is 5.52 Å². The summed E-state index contributed by atoms with van der Waals surface area (Å²) in [6.45, 7) is 3.27. The Kier molecular flexibility index (Phi) is 4.82. The maximum Gasteiger partial charge on any atom is 0.471 e. The van der Waals surface area contributed by atoms with Crippen molar-refractivity contribution in [3.63, 3.8) is 0 Å². The average Bonchev–Trinajstić information content (AvgIpc) is 2.56. The molecule has 126 valence electrons. The third-order valence-electron chi connectivity index (χ3n) is 3.21. The zero-order chi connectivity index (χ0) is 17.9. The SMILES string of the molecule is C=C(CNC(=O)C(F)(F)F)c1cccc2c(C(=O)NC)ncnc12. The van der Waals surface area contributed by atoms with E-state index in [0.29, 0.717) is 16.5 Å². The Labute approximate surface area is 134 Å². The number of carbonyl (C=O) groups excluding carboxylic acids is 2. The molecule has 0 bridgehead atoms. The topological polar surface area (TPSA) is 84.0 Å². The first-order chi connectivity index (χ1) is 11.3. The summed E-state index contributed by atoms with van der Waals surface area (Å²) in [5.41, 5.74) is 1.14. The summed E-state index contributed by atoms with van der Waals surface area (Å²) >= 11 is 0. The quantitative estimate of drug-likeness (QED) is 0.888. The van der Waals surface area contributed by atoms with Crippen LogP contribution in [0.5, 0.6) is 0 Å². The molecule has 2 aromatic rings. The molecule has 2 amide bonds. The van der Waals surface area contributed by atoms with Crippen molar-refractivity contribution >= 4 is 28.3 Å². The molecule has 1 aromatic carbocycles. The van der Waals surface area contributed by atoms with Gasteiger partial charge in [-0.3, -0.25) is 9.59 Å². The normalized spacial score (nSPS) is 11.2. The third kappa shape index (κ3) is 3.50. The molecule has 0 spiro atoms. The number of alkyl halides is 3. The predicted molar refractivity (Wildman–Crippen MR) is 81.0 cm³/mol. The molecule has 0 atom stereocenters. The number of hydrogen-bond donors (Lipinski definition) is 2. The van der Waals surface area contributed by atoms with Gasteiger partial charge < -0.3 is 10.6 Å². The zero-order valence-corrected chi connectivity index (χ0v) is 12.6. The van der Waals surface area contributed by atoms with E-state index in [2.05, 4.69) is 21.9 Å². The first-order valence-corrected chi connectivity index (χ1v) is 6.74. The molecular weight excluding hydrogens is 325 g/mol. The summed E-state index contributed by atoms with van der Waals surface area (Å²) < 4.78 is 36.7. The number of para-hydroxylation sites is 1. The van der Waals surface area contributed by atoms with Gasteiger partial charge >= 0.3 is 12.1 Å². The van der Waals surface area contributed by atoms with Crippen LogP contribution in [0, 0.1) is 0 Å². The maximum atomic E-state index is 12.2. The number of amides is 2. The summed E-state index contributed by atoms with van der Waals surface area (Å²) in [6.07, 6.45) is -3.79. The van der Waals surface area contributed by atoms with Crippen molar-refractivity contribution in [1.82, 2.24) is 20.6 Å². The highest BCUT2D eigenvalue weighted by Gasteiger charge is 2.38. The van der Waals surface area contributed by atoms with Crippen LogP contribution < -0.4 is 10.6 Å². The van der Waals surface area contributed by atoms with Crippen molar-refractivity contribution in [2.45, 2.75) is 6.18 Å². The van der Waals surface area contributed by atoms with E-state index < -0.39 is 24.5 Å². The predicted octanol–water partition coefficient (Wildman–Crippen LogP) is 1.68. The minimum absolute atomic E-state index is 0.136. The van der Waals surface area contributed by atoms with Gasteiger partial charge in [0.25, 0.3) is 5.91 Å². The monoisotopic (exact) mass is 338 g/mol. The molecule has 0 saturated heterocycles. The van der Waals surface area contributed by atoms with Gasteiger partial charge in [-0.25, -0.2) is 9.97 Å². The van der Waals surface area contributed by atoms with Crippen molar-refractivity contribution in [2.24, 2.45) is 0 Å². The fraction of sp³-hybridized carbons (Fsp3) is 0.200. The molecule has 2 rings (SSSR count). The van der Waals surface area contributed by atoms with Crippen LogP contribution in [-0.2, 0) is 4.79 Å². The van der Waals surface area contributed by atoms with E-state index in [1.165, 1.54) is 13.4 Å². The summed E-state index contributed by atoms with van der Waals surface area (Å²) in [6, 6.07) is 4.81. The van der Waals surface area contributed by atoms with E-state index in [9.17, 15) is 22.8 Å². The summed E-state index contributed by atoms with van der Waals surface area (Å²) in [5.74, 6) is -2.47. The van der Waals surface area contributed by atoms with Crippen molar-refractivity contribution in [3.05, 3.63) is 42.4 Å². The lowest BCUT2D eigenvalue weighted by atomic mass is 10.0. The second-order valence-corrected chi connectivity index (χ2v) is 4.79. The average molecular weight is 338 g/mol. The van der Waals surface area contributed by atoms with Crippen LogP contribution in [0.2, 0.25) is 0 Å². The Hall–Kier alpha value is -2.97. The second kappa shape index (κ2) is 6.65. The lowest BCUT2D eigenvalue weighted by Gasteiger charge is -2.12. The number of halogens is 3. The third-order valence-corrected chi connectivity index (χ3v) is 3.21. The molecule has 0 unspecified atom stereocenters. The lowest BCUT2D eigenvalue weighted by molar-refractivity contribution is -0.173. The van der Waals surface area contributed by atoms with Crippen molar-refractivity contribution < 1.29 is 22.8 Å². The molecule has 6 nitrogen and oxygen atoms in total. The molecule has 0 radical (unpaired) electrons. The highest BCUT2D eigenvalue weighted by Crippen LogP contribution is 2.24. The number of hydrogen-bond acceptors (Lipinski definition) is 4. The van der Waals surface area contributed by atoms with Gasteiger partial charge in [0.1, 0.15) is 12.0 Å². The van der Waals surface area contributed by atoms with Crippen LogP contribution >= 0.6 is 0 Å². The Balaban J connectivity index is 2.34. The molecule has 2 N–H and O–H groups in total. The van der Waals surface area contributed by atoms with Crippen molar-refractivity contribution in [3.8, 4) is 0 Å². The Morgan fingerprint density at radius 3 is 2.58 bits per heavy atom. The molecule has 0 fully saturated rings. The molecule has 1 aromatic heterocycles. The van der Waals surface area contributed by atoms with Crippen LogP contribution in [0.25, 0.3) is 16.5 Å². The summed E-state index contributed by atoms with van der Waals surface area (Å²) in [4.78, 5) is 30.7. The highest BCUT2D eigenvalue weighted by atomic mass is 19.4. The first kappa shape index (κ1) is 17.4. The lowest BCUT2D eigenvalue weighted by Crippen LogP contribution is -2.37. The number of rotatable bonds is 4. The molecule has 0 aliphatic carbocycles. The van der Waals surface area contributed by atoms with Crippen LogP contribution in [0.3, 0.4) is 0 Å². The fourth-order valence-electron chi connectivity index (χ4n) is 2.05. The van der Waals surface area contributed by atoms with Crippen LogP contribution in [-0.4, -0.2) is 41.6 Å². The van der Waals surface area contributed by atoms with Gasteiger partial charge in [0.2, 0.25) is 0 Å². The fourth-order valence-corrected chi connectivity index (χ4v) is 2.05. The van der Waals surface area contributed by atoms with E-state index in [4.69, 9.17) is 0 Å². The van der Waals surface area contributed by atoms with E-state index in [-0.39, 0.29) is 11.3 Å². The number of benzene rings is 1. The van der Waals surface area contributed by atoms with Gasteiger partial charge in [-0.15, -0.1) is 0 Å². The summed E-state index contributed by atoms with van der Waals surface area (Å²) in [7, 11) is 1.45. The number of aromatic nitrogens is 2. The number of fused-ring (bicyclic) bond motifs is 1. The van der Waals surface area contributed by atoms with Gasteiger partial charge in [-0.2, -0.15) is 13.2 Å². The van der Waals surface area contributed by atoms with E-state index in [1.54, 1.807) is 23.5 Å². The standard InChI is InChI=1S/C15H13F3N4O2/c1-8(6-20-14(24)15(16,17)18)9-4-3-5-10-11(9)21-7-22-12(10)13(23)19-2/h3-5,7H,1,6H2,2H3,(H,19,23)(H,20,24). The molecule has 0 aliphatic heterocycles. The molecular formula is C15H13F3N4O2. The number of nitrogens with zero attached hydrogens (tertiary/aromatic N) is 2.